The van der Waals surface area contributed by atoms with Crippen molar-refractivity contribution in [2.24, 2.45) is 5.92 Å². The Balaban J connectivity index is 1.58. The molecule has 1 aliphatic carbocycles. The van der Waals surface area contributed by atoms with Crippen LogP contribution in [-0.4, -0.2) is 44.7 Å². The van der Waals surface area contributed by atoms with E-state index in [2.05, 4.69) is 53.5 Å². The monoisotopic (exact) mass is 287 g/mol. The minimum absolute atomic E-state index is 0.775. The van der Waals surface area contributed by atoms with Gasteiger partial charge in [0.1, 0.15) is 0 Å². The Kier molecular flexibility index (Phi) is 4.81. The first-order chi connectivity index (χ1) is 10.2. The van der Waals surface area contributed by atoms with Crippen LogP contribution in [0.15, 0.2) is 24.3 Å². The van der Waals surface area contributed by atoms with Crippen molar-refractivity contribution in [3.8, 4) is 0 Å². The molecule has 3 nitrogen and oxygen atoms in total. The first kappa shape index (κ1) is 14.9. The van der Waals surface area contributed by atoms with Crippen LogP contribution in [-0.2, 0) is 6.54 Å². The summed E-state index contributed by atoms with van der Waals surface area (Å²) in [7, 11) is 4.49. The molecular formula is C18H29N3. The van der Waals surface area contributed by atoms with Crippen LogP contribution in [0.4, 0.5) is 5.69 Å². The minimum atomic E-state index is 0.775. The van der Waals surface area contributed by atoms with Crippen LogP contribution < -0.4 is 10.2 Å². The van der Waals surface area contributed by atoms with Crippen molar-refractivity contribution < 1.29 is 0 Å². The fraction of sp³-hybridized carbons (Fsp3) is 0.667. The van der Waals surface area contributed by atoms with Gasteiger partial charge in [-0.1, -0.05) is 18.2 Å². The summed E-state index contributed by atoms with van der Waals surface area (Å²) in [5, 5.41) is 3.64. The normalized spacial score (nSPS) is 20.7. The topological polar surface area (TPSA) is 18.5 Å². The van der Waals surface area contributed by atoms with E-state index in [1.54, 1.807) is 0 Å². The summed E-state index contributed by atoms with van der Waals surface area (Å²) in [6, 6.07) is 9.66. The molecular weight excluding hydrogens is 258 g/mol. The minimum Gasteiger partial charge on any atom is -0.374 e. The molecule has 0 bridgehead atoms. The molecule has 1 aromatic carbocycles. The molecule has 116 valence electrons. The number of benzene rings is 1. The Morgan fingerprint density at radius 1 is 1.14 bits per heavy atom. The van der Waals surface area contributed by atoms with Gasteiger partial charge in [0.05, 0.1) is 0 Å². The first-order valence-electron chi connectivity index (χ1n) is 8.43. The molecule has 3 heteroatoms. The number of nitrogens with one attached hydrogen (secondary N) is 1. The van der Waals surface area contributed by atoms with Gasteiger partial charge in [0, 0.05) is 31.9 Å². The highest BCUT2D eigenvalue weighted by atomic mass is 15.1. The van der Waals surface area contributed by atoms with E-state index in [9.17, 15) is 0 Å². The number of para-hydroxylation sites is 1. The summed E-state index contributed by atoms with van der Waals surface area (Å²) in [5.41, 5.74) is 2.85. The second-order valence-electron chi connectivity index (χ2n) is 6.91. The van der Waals surface area contributed by atoms with Crippen molar-refractivity contribution in [2.75, 3.05) is 38.6 Å². The van der Waals surface area contributed by atoms with Crippen LogP contribution in [0.1, 0.15) is 31.2 Å². The zero-order chi connectivity index (χ0) is 14.7. The van der Waals surface area contributed by atoms with E-state index in [0.717, 1.165) is 18.5 Å². The standard InChI is InChI=1S/C18H29N3/c1-20-11-9-15(10-12-20)14-21(2)18-6-4-3-5-16(18)13-19-17-7-8-17/h3-6,15,17,19H,7-14H2,1-2H3. The first-order valence-corrected chi connectivity index (χ1v) is 8.43. The maximum atomic E-state index is 3.64. The average molecular weight is 287 g/mol. The van der Waals surface area contributed by atoms with Gasteiger partial charge in [0.2, 0.25) is 0 Å². The van der Waals surface area contributed by atoms with Gasteiger partial charge in [0.15, 0.2) is 0 Å². The van der Waals surface area contributed by atoms with Crippen molar-refractivity contribution in [1.29, 1.82) is 0 Å². The van der Waals surface area contributed by atoms with Crippen molar-refractivity contribution in [1.82, 2.24) is 10.2 Å². The van der Waals surface area contributed by atoms with E-state index >= 15 is 0 Å². The molecule has 0 aromatic heterocycles. The number of nitrogens with zero attached hydrogens (tertiary/aromatic N) is 2. The number of likely N-dealkylation sites (tertiary alicyclic amines) is 1. The average Bonchev–Trinajstić information content (AvgIpc) is 3.32. The molecule has 1 saturated heterocycles. The molecule has 1 N–H and O–H groups in total. The number of hydrogen-bond acceptors (Lipinski definition) is 3. The molecule has 0 amide bonds. The van der Waals surface area contributed by atoms with E-state index < -0.39 is 0 Å². The number of piperidine rings is 1. The molecule has 2 aliphatic rings. The van der Waals surface area contributed by atoms with Crippen LogP contribution in [0.2, 0.25) is 0 Å². The van der Waals surface area contributed by atoms with Crippen molar-refractivity contribution in [3.63, 3.8) is 0 Å². The lowest BCUT2D eigenvalue weighted by Gasteiger charge is -2.33. The number of rotatable bonds is 6. The van der Waals surface area contributed by atoms with Crippen LogP contribution in [0.5, 0.6) is 0 Å². The summed E-state index contributed by atoms with van der Waals surface area (Å²) in [5.74, 6) is 0.843. The Bertz CT molecular complexity index is 448. The van der Waals surface area contributed by atoms with Gasteiger partial charge in [-0.05, 0) is 63.4 Å². The Morgan fingerprint density at radius 2 is 1.86 bits per heavy atom. The van der Waals surface area contributed by atoms with E-state index in [-0.39, 0.29) is 0 Å². The van der Waals surface area contributed by atoms with Crippen LogP contribution in [0.25, 0.3) is 0 Å². The molecule has 0 spiro atoms. The smallest absolute Gasteiger partial charge is 0.0409 e. The third-order valence-electron chi connectivity index (χ3n) is 4.93. The van der Waals surface area contributed by atoms with Gasteiger partial charge in [-0.25, -0.2) is 0 Å². The maximum absolute atomic E-state index is 3.64. The lowest BCUT2D eigenvalue weighted by atomic mass is 9.96. The van der Waals surface area contributed by atoms with Crippen LogP contribution in [0.3, 0.4) is 0 Å². The second kappa shape index (κ2) is 6.80. The Labute approximate surface area is 129 Å². The van der Waals surface area contributed by atoms with E-state index in [0.29, 0.717) is 0 Å². The quantitative estimate of drug-likeness (QED) is 0.868. The molecule has 1 aromatic rings. The van der Waals surface area contributed by atoms with E-state index in [4.69, 9.17) is 0 Å². The van der Waals surface area contributed by atoms with Gasteiger partial charge >= 0.3 is 0 Å². The highest BCUT2D eigenvalue weighted by Crippen LogP contribution is 2.25. The zero-order valence-electron chi connectivity index (χ0n) is 13.5. The summed E-state index contributed by atoms with van der Waals surface area (Å²) in [6.07, 6.45) is 5.38. The second-order valence-corrected chi connectivity index (χ2v) is 6.91. The molecule has 0 radical (unpaired) electrons. The SMILES string of the molecule is CN1CCC(CN(C)c2ccccc2CNC2CC2)CC1. The molecule has 2 fully saturated rings. The lowest BCUT2D eigenvalue weighted by molar-refractivity contribution is 0.222. The third-order valence-corrected chi connectivity index (χ3v) is 4.93. The summed E-state index contributed by atoms with van der Waals surface area (Å²) in [6.45, 7) is 4.71. The highest BCUT2D eigenvalue weighted by molar-refractivity contribution is 5.53. The van der Waals surface area contributed by atoms with Crippen LogP contribution >= 0.6 is 0 Å². The van der Waals surface area contributed by atoms with Gasteiger partial charge in [-0.2, -0.15) is 0 Å². The highest BCUT2D eigenvalue weighted by Gasteiger charge is 2.22. The molecule has 0 unspecified atom stereocenters. The van der Waals surface area contributed by atoms with Gasteiger partial charge in [-0.15, -0.1) is 0 Å². The predicted molar refractivity (Wildman–Crippen MR) is 89.8 cm³/mol. The number of anilines is 1. The molecule has 0 atom stereocenters. The van der Waals surface area contributed by atoms with E-state index in [1.807, 2.05) is 0 Å². The molecule has 1 heterocycles. The fourth-order valence-corrected chi connectivity index (χ4v) is 3.30. The van der Waals surface area contributed by atoms with Crippen molar-refractivity contribution >= 4 is 5.69 Å². The predicted octanol–water partition coefficient (Wildman–Crippen LogP) is 2.72. The summed E-state index contributed by atoms with van der Waals surface area (Å²) in [4.78, 5) is 4.92. The summed E-state index contributed by atoms with van der Waals surface area (Å²) >= 11 is 0. The van der Waals surface area contributed by atoms with Gasteiger partial charge in [0.25, 0.3) is 0 Å². The zero-order valence-corrected chi connectivity index (χ0v) is 13.5. The Morgan fingerprint density at radius 3 is 2.57 bits per heavy atom. The largest absolute Gasteiger partial charge is 0.374 e. The fourth-order valence-electron chi connectivity index (χ4n) is 3.30. The van der Waals surface area contributed by atoms with Crippen LogP contribution in [0, 0.1) is 5.92 Å². The van der Waals surface area contributed by atoms with E-state index in [1.165, 1.54) is 56.6 Å². The molecule has 3 rings (SSSR count). The van der Waals surface area contributed by atoms with Crippen molar-refractivity contribution in [2.45, 2.75) is 38.3 Å². The molecule has 21 heavy (non-hydrogen) atoms. The van der Waals surface area contributed by atoms with Gasteiger partial charge < -0.3 is 15.1 Å². The molecule has 1 saturated carbocycles. The Hall–Kier alpha value is -1.06. The number of hydrogen-bond donors (Lipinski definition) is 1. The third kappa shape index (κ3) is 4.21. The van der Waals surface area contributed by atoms with Gasteiger partial charge in [-0.3, -0.25) is 0 Å². The van der Waals surface area contributed by atoms with Crippen molar-refractivity contribution in [3.05, 3.63) is 29.8 Å². The maximum Gasteiger partial charge on any atom is 0.0409 e. The summed E-state index contributed by atoms with van der Waals surface area (Å²) < 4.78 is 0. The molecule has 1 aliphatic heterocycles. The lowest BCUT2D eigenvalue weighted by Crippen LogP contribution is -2.36.